The van der Waals surface area contributed by atoms with Crippen LogP contribution in [0.5, 0.6) is 0 Å². The third-order valence-corrected chi connectivity index (χ3v) is 2.99. The molecule has 0 saturated heterocycles. The third-order valence-electron chi connectivity index (χ3n) is 1.97. The number of nitrogens with zero attached hydrogens (tertiary/aromatic N) is 2. The zero-order chi connectivity index (χ0) is 12.3. The SMILES string of the molecule is O=Cc1c(Cl)ncnc1NCc1csc(=O)[nH]1. The lowest BCUT2D eigenvalue weighted by Crippen LogP contribution is -2.07. The highest BCUT2D eigenvalue weighted by molar-refractivity contribution is 7.07. The van der Waals surface area contributed by atoms with Gasteiger partial charge in [0.25, 0.3) is 0 Å². The van der Waals surface area contributed by atoms with Gasteiger partial charge in [-0.3, -0.25) is 9.59 Å². The molecular weight excluding hydrogens is 264 g/mol. The number of aldehydes is 1. The zero-order valence-electron chi connectivity index (χ0n) is 8.44. The van der Waals surface area contributed by atoms with Gasteiger partial charge in [0.1, 0.15) is 17.3 Å². The van der Waals surface area contributed by atoms with E-state index in [1.54, 1.807) is 5.38 Å². The Morgan fingerprint density at radius 1 is 1.53 bits per heavy atom. The number of H-pyrrole nitrogens is 1. The molecule has 2 N–H and O–H groups in total. The molecule has 6 nitrogen and oxygen atoms in total. The minimum Gasteiger partial charge on any atom is -0.364 e. The average molecular weight is 271 g/mol. The van der Waals surface area contributed by atoms with Crippen molar-refractivity contribution in [1.29, 1.82) is 0 Å². The molecule has 2 heterocycles. The summed E-state index contributed by atoms with van der Waals surface area (Å²) in [6.07, 6.45) is 1.84. The Labute approximate surface area is 105 Å². The number of thiazole rings is 1. The average Bonchev–Trinajstić information content (AvgIpc) is 2.72. The van der Waals surface area contributed by atoms with Crippen molar-refractivity contribution in [1.82, 2.24) is 15.0 Å². The largest absolute Gasteiger partial charge is 0.364 e. The molecule has 0 fully saturated rings. The smallest absolute Gasteiger partial charge is 0.304 e. The van der Waals surface area contributed by atoms with E-state index in [0.29, 0.717) is 24.3 Å². The van der Waals surface area contributed by atoms with Gasteiger partial charge in [0, 0.05) is 11.1 Å². The van der Waals surface area contributed by atoms with Crippen LogP contribution in [-0.4, -0.2) is 21.2 Å². The molecule has 0 spiro atoms. The van der Waals surface area contributed by atoms with Crippen LogP contribution in [0.25, 0.3) is 0 Å². The summed E-state index contributed by atoms with van der Waals surface area (Å²) in [5.41, 5.74) is 0.915. The van der Waals surface area contributed by atoms with E-state index in [1.807, 2.05) is 0 Å². The highest BCUT2D eigenvalue weighted by Crippen LogP contribution is 2.17. The lowest BCUT2D eigenvalue weighted by molar-refractivity contribution is 0.112. The summed E-state index contributed by atoms with van der Waals surface area (Å²) >= 11 is 6.81. The molecule has 88 valence electrons. The molecule has 0 aliphatic rings. The van der Waals surface area contributed by atoms with Crippen LogP contribution < -0.4 is 10.2 Å². The van der Waals surface area contributed by atoms with Crippen LogP contribution in [0, 0.1) is 0 Å². The van der Waals surface area contributed by atoms with Gasteiger partial charge in [0.2, 0.25) is 0 Å². The molecule has 0 amide bonds. The highest BCUT2D eigenvalue weighted by Gasteiger charge is 2.08. The van der Waals surface area contributed by atoms with Crippen LogP contribution in [0.3, 0.4) is 0 Å². The Bertz CT molecular complexity index is 595. The molecule has 0 bridgehead atoms. The van der Waals surface area contributed by atoms with Gasteiger partial charge in [-0.15, -0.1) is 0 Å². The van der Waals surface area contributed by atoms with Crippen LogP contribution >= 0.6 is 22.9 Å². The third kappa shape index (κ3) is 2.69. The van der Waals surface area contributed by atoms with E-state index < -0.39 is 0 Å². The van der Waals surface area contributed by atoms with Crippen molar-refractivity contribution in [3.63, 3.8) is 0 Å². The van der Waals surface area contributed by atoms with Gasteiger partial charge in [-0.05, 0) is 0 Å². The fraction of sp³-hybridized carbons (Fsp3) is 0.111. The molecule has 0 saturated carbocycles. The standard InChI is InChI=1S/C9H7ClN4O2S/c10-7-6(2-15)8(13-4-12-7)11-1-5-3-17-9(16)14-5/h2-4H,1H2,(H,14,16)(H,11,12,13). The fourth-order valence-corrected chi connectivity index (χ4v) is 1.96. The van der Waals surface area contributed by atoms with Crippen molar-refractivity contribution >= 4 is 35.0 Å². The van der Waals surface area contributed by atoms with Gasteiger partial charge < -0.3 is 10.3 Å². The molecule has 0 atom stereocenters. The van der Waals surface area contributed by atoms with Gasteiger partial charge in [-0.25, -0.2) is 9.97 Å². The van der Waals surface area contributed by atoms with E-state index in [4.69, 9.17) is 11.6 Å². The second kappa shape index (κ2) is 5.07. The second-order valence-electron chi connectivity index (χ2n) is 3.07. The zero-order valence-corrected chi connectivity index (χ0v) is 10.0. The number of hydrogen-bond acceptors (Lipinski definition) is 6. The van der Waals surface area contributed by atoms with Gasteiger partial charge >= 0.3 is 4.87 Å². The summed E-state index contributed by atoms with van der Waals surface area (Å²) in [7, 11) is 0. The van der Waals surface area contributed by atoms with Crippen LogP contribution in [-0.2, 0) is 6.54 Å². The van der Waals surface area contributed by atoms with Crippen molar-refractivity contribution in [2.45, 2.75) is 6.54 Å². The number of rotatable bonds is 4. The van der Waals surface area contributed by atoms with Crippen molar-refractivity contribution in [2.75, 3.05) is 5.32 Å². The Hall–Kier alpha value is -1.73. The summed E-state index contributed by atoms with van der Waals surface area (Å²) in [4.78, 5) is 31.8. The van der Waals surface area contributed by atoms with E-state index >= 15 is 0 Å². The van der Waals surface area contributed by atoms with Gasteiger partial charge in [0.15, 0.2) is 6.29 Å². The van der Waals surface area contributed by atoms with E-state index in [2.05, 4.69) is 20.3 Å². The number of anilines is 1. The highest BCUT2D eigenvalue weighted by atomic mass is 35.5. The minimum atomic E-state index is -0.127. The molecule has 0 aliphatic carbocycles. The van der Waals surface area contributed by atoms with Gasteiger partial charge in [-0.1, -0.05) is 22.9 Å². The fourth-order valence-electron chi connectivity index (χ4n) is 1.20. The first-order valence-electron chi connectivity index (χ1n) is 4.57. The molecule has 0 unspecified atom stereocenters. The van der Waals surface area contributed by atoms with Crippen LogP contribution in [0.2, 0.25) is 5.15 Å². The predicted molar refractivity (Wildman–Crippen MR) is 64.7 cm³/mol. The molecule has 8 heteroatoms. The molecule has 2 aromatic rings. The number of aromatic amines is 1. The van der Waals surface area contributed by atoms with Crippen molar-refractivity contribution in [3.05, 3.63) is 37.8 Å². The summed E-state index contributed by atoms with van der Waals surface area (Å²) in [6, 6.07) is 0. The summed E-state index contributed by atoms with van der Waals surface area (Å²) in [6.45, 7) is 0.354. The molecule has 2 aromatic heterocycles. The van der Waals surface area contributed by atoms with Crippen molar-refractivity contribution < 1.29 is 4.79 Å². The Morgan fingerprint density at radius 2 is 2.35 bits per heavy atom. The van der Waals surface area contributed by atoms with Crippen molar-refractivity contribution in [3.8, 4) is 0 Å². The van der Waals surface area contributed by atoms with Crippen LogP contribution in [0.1, 0.15) is 16.1 Å². The van der Waals surface area contributed by atoms with E-state index in [0.717, 1.165) is 11.3 Å². The molecule has 0 aliphatic heterocycles. The maximum atomic E-state index is 10.9. The van der Waals surface area contributed by atoms with Crippen LogP contribution in [0.15, 0.2) is 16.5 Å². The monoisotopic (exact) mass is 270 g/mol. The van der Waals surface area contributed by atoms with Crippen molar-refractivity contribution in [2.24, 2.45) is 0 Å². The molecule has 0 aromatic carbocycles. The lowest BCUT2D eigenvalue weighted by atomic mass is 10.3. The van der Waals surface area contributed by atoms with Crippen LogP contribution in [0.4, 0.5) is 5.82 Å². The summed E-state index contributed by atoms with van der Waals surface area (Å²) < 4.78 is 0. The first kappa shape index (κ1) is 11.7. The Balaban J connectivity index is 2.16. The molecule has 17 heavy (non-hydrogen) atoms. The first-order chi connectivity index (χ1) is 8.20. The normalized spacial score (nSPS) is 10.2. The van der Waals surface area contributed by atoms with Gasteiger partial charge in [-0.2, -0.15) is 0 Å². The molecule has 0 radical (unpaired) electrons. The minimum absolute atomic E-state index is 0.0938. The molecule has 2 rings (SSSR count). The number of carbonyl (C=O) groups is 1. The quantitative estimate of drug-likeness (QED) is 0.646. The number of nitrogens with one attached hydrogen (secondary N) is 2. The number of halogens is 1. The van der Waals surface area contributed by atoms with E-state index in [1.165, 1.54) is 6.33 Å². The first-order valence-corrected chi connectivity index (χ1v) is 5.82. The Kier molecular flexibility index (Phi) is 3.50. The second-order valence-corrected chi connectivity index (χ2v) is 4.27. The summed E-state index contributed by atoms with van der Waals surface area (Å²) in [5, 5.41) is 4.69. The Morgan fingerprint density at radius 3 is 3.00 bits per heavy atom. The number of carbonyl (C=O) groups excluding carboxylic acids is 1. The van der Waals surface area contributed by atoms with Gasteiger partial charge in [0.05, 0.1) is 12.1 Å². The maximum Gasteiger partial charge on any atom is 0.304 e. The summed E-state index contributed by atoms with van der Waals surface area (Å²) in [5.74, 6) is 0.340. The predicted octanol–water partition coefficient (Wildman–Crippen LogP) is 1.30. The topological polar surface area (TPSA) is 87.7 Å². The van der Waals surface area contributed by atoms with E-state index in [-0.39, 0.29) is 15.6 Å². The molecular formula is C9H7ClN4O2S. The maximum absolute atomic E-state index is 10.9. The number of aromatic nitrogens is 3. The lowest BCUT2D eigenvalue weighted by Gasteiger charge is -2.06. The number of hydrogen-bond donors (Lipinski definition) is 2. The van der Waals surface area contributed by atoms with E-state index in [9.17, 15) is 9.59 Å².